The molecule has 0 saturated carbocycles. The second-order valence-electron chi connectivity index (χ2n) is 5.99. The molecule has 0 fully saturated rings. The van der Waals surface area contributed by atoms with E-state index in [1.165, 1.54) is 48.7 Å². The summed E-state index contributed by atoms with van der Waals surface area (Å²) in [6, 6.07) is 0. The Hall–Kier alpha value is -2.52. The number of hydrazone groups is 2. The zero-order valence-corrected chi connectivity index (χ0v) is 19.9. The second kappa shape index (κ2) is 14.5. The maximum atomic E-state index is 11.8. The molecule has 170 valence electrons. The number of hydrogen-bond acceptors (Lipinski definition) is 11. The van der Waals surface area contributed by atoms with Gasteiger partial charge in [0.2, 0.25) is 11.8 Å². The molecule has 0 aliphatic heterocycles. The minimum absolute atomic E-state index is 0.0962. The lowest BCUT2D eigenvalue weighted by molar-refractivity contribution is -0.119. The first-order chi connectivity index (χ1) is 14.7. The quantitative estimate of drug-likeness (QED) is 0.181. The number of rotatable bonds is 12. The zero-order valence-electron chi connectivity index (χ0n) is 17.5. The van der Waals surface area contributed by atoms with Crippen LogP contribution in [-0.2, 0) is 19.2 Å². The Morgan fingerprint density at radius 3 is 1.52 bits per heavy atom. The third-order valence-electron chi connectivity index (χ3n) is 2.97. The Morgan fingerprint density at radius 1 is 0.774 bits per heavy atom. The molecule has 12 nitrogen and oxygen atoms in total. The van der Waals surface area contributed by atoms with E-state index in [0.29, 0.717) is 20.1 Å². The number of aromatic nitrogens is 2. The lowest BCUT2D eigenvalue weighted by Crippen LogP contribution is -2.28. The molecule has 1 rings (SSSR count). The van der Waals surface area contributed by atoms with Gasteiger partial charge in [-0.2, -0.15) is 10.2 Å². The van der Waals surface area contributed by atoms with Crippen LogP contribution in [0.3, 0.4) is 0 Å². The number of amides is 4. The highest BCUT2D eigenvalue weighted by molar-refractivity contribution is 8.03. The van der Waals surface area contributed by atoms with E-state index in [1.54, 1.807) is 13.8 Å². The smallest absolute Gasteiger partial charge is 0.250 e. The molecule has 4 amide bonds. The molecule has 0 bridgehead atoms. The van der Waals surface area contributed by atoms with Crippen LogP contribution in [-0.4, -0.2) is 69.8 Å². The largest absolute Gasteiger partial charge is 0.351 e. The molecule has 31 heavy (non-hydrogen) atoms. The van der Waals surface area contributed by atoms with Crippen LogP contribution in [0.2, 0.25) is 0 Å². The number of nitrogens with zero attached hydrogens (tertiary/aromatic N) is 4. The highest BCUT2D eigenvalue weighted by atomic mass is 32.2. The van der Waals surface area contributed by atoms with E-state index in [2.05, 4.69) is 41.9 Å². The first kappa shape index (κ1) is 26.5. The average molecular weight is 489 g/mol. The molecule has 0 aromatic carbocycles. The summed E-state index contributed by atoms with van der Waals surface area (Å²) in [6.45, 7) is 6.68. The SMILES string of the molecule is CC(=O)NC/C(C)=N\NC(=O)CSc1nnc(SCC(=O)N/N=C(\C)CNC(C)=O)s1. The van der Waals surface area contributed by atoms with Gasteiger partial charge in [-0.1, -0.05) is 34.9 Å². The summed E-state index contributed by atoms with van der Waals surface area (Å²) in [5, 5.41) is 20.9. The first-order valence-corrected chi connectivity index (χ1v) is 11.7. The van der Waals surface area contributed by atoms with Crippen molar-refractivity contribution in [2.75, 3.05) is 24.6 Å². The van der Waals surface area contributed by atoms with Crippen molar-refractivity contribution in [3.05, 3.63) is 0 Å². The topological polar surface area (TPSA) is 167 Å². The van der Waals surface area contributed by atoms with E-state index >= 15 is 0 Å². The summed E-state index contributed by atoms with van der Waals surface area (Å²) in [6.07, 6.45) is 0. The Kier molecular flexibility index (Phi) is 12.4. The second-order valence-corrected chi connectivity index (χ2v) is 9.42. The van der Waals surface area contributed by atoms with Gasteiger partial charge in [-0.05, 0) is 13.8 Å². The highest BCUT2D eigenvalue weighted by Crippen LogP contribution is 2.28. The third kappa shape index (κ3) is 13.4. The van der Waals surface area contributed by atoms with Gasteiger partial charge in [0.1, 0.15) is 0 Å². The van der Waals surface area contributed by atoms with Gasteiger partial charge in [0.15, 0.2) is 8.68 Å². The van der Waals surface area contributed by atoms with Crippen molar-refractivity contribution < 1.29 is 19.2 Å². The van der Waals surface area contributed by atoms with E-state index in [1.807, 2.05) is 0 Å². The first-order valence-electron chi connectivity index (χ1n) is 8.87. The van der Waals surface area contributed by atoms with Crippen molar-refractivity contribution in [3.63, 3.8) is 0 Å². The highest BCUT2D eigenvalue weighted by Gasteiger charge is 2.10. The molecule has 1 aromatic heterocycles. The van der Waals surface area contributed by atoms with Crippen molar-refractivity contribution in [1.29, 1.82) is 0 Å². The fraction of sp³-hybridized carbons (Fsp3) is 0.500. The number of thioether (sulfide) groups is 2. The van der Waals surface area contributed by atoms with E-state index in [9.17, 15) is 19.2 Å². The summed E-state index contributed by atoms with van der Waals surface area (Å²) in [5.41, 5.74) is 5.93. The van der Waals surface area contributed by atoms with Gasteiger partial charge < -0.3 is 10.6 Å². The Bertz CT molecular complexity index is 789. The molecule has 4 N–H and O–H groups in total. The maximum Gasteiger partial charge on any atom is 0.250 e. The lowest BCUT2D eigenvalue weighted by Gasteiger charge is -2.02. The van der Waals surface area contributed by atoms with Crippen LogP contribution in [0.25, 0.3) is 0 Å². The third-order valence-corrected chi connectivity index (χ3v) is 6.16. The van der Waals surface area contributed by atoms with Crippen LogP contribution >= 0.6 is 34.9 Å². The number of nitrogens with one attached hydrogen (secondary N) is 4. The molecule has 0 aliphatic rings. The maximum absolute atomic E-state index is 11.8. The Labute approximate surface area is 191 Å². The van der Waals surface area contributed by atoms with E-state index in [4.69, 9.17) is 0 Å². The molecule has 1 aromatic rings. The van der Waals surface area contributed by atoms with Crippen molar-refractivity contribution in [2.24, 2.45) is 10.2 Å². The summed E-state index contributed by atoms with van der Waals surface area (Å²) in [7, 11) is 0. The molecular weight excluding hydrogens is 464 g/mol. The van der Waals surface area contributed by atoms with Gasteiger partial charge in [-0.3, -0.25) is 19.2 Å². The Balaban J connectivity index is 2.32. The molecule has 0 aliphatic carbocycles. The minimum Gasteiger partial charge on any atom is -0.351 e. The molecule has 0 spiro atoms. The van der Waals surface area contributed by atoms with Crippen molar-refractivity contribution in [1.82, 2.24) is 31.7 Å². The molecule has 0 saturated heterocycles. The summed E-state index contributed by atoms with van der Waals surface area (Å²) < 4.78 is 1.17. The van der Waals surface area contributed by atoms with E-state index in [-0.39, 0.29) is 48.2 Å². The predicted octanol–water partition coefficient (Wildman–Crippen LogP) is -0.0213. The van der Waals surface area contributed by atoms with Crippen molar-refractivity contribution in [2.45, 2.75) is 36.4 Å². The summed E-state index contributed by atoms with van der Waals surface area (Å²) in [4.78, 5) is 45.3. The normalized spacial score (nSPS) is 11.6. The standard InChI is InChI=1S/C16H24N8O4S3/c1-9(5-17-11(3)25)19-21-13(27)7-29-15-23-24-16(31-15)30-8-14(28)22-20-10(2)6-18-12(4)26/h5-8H2,1-4H3,(H,17,25)(H,18,26)(H,21,27)(H,22,28)/b19-9-,20-10+. The molecule has 0 radical (unpaired) electrons. The van der Waals surface area contributed by atoms with Crippen molar-refractivity contribution >= 4 is 69.9 Å². The van der Waals surface area contributed by atoms with E-state index < -0.39 is 0 Å². The Morgan fingerprint density at radius 2 is 1.16 bits per heavy atom. The number of carbonyl (C=O) groups excluding carboxylic acids is 4. The van der Waals surface area contributed by atoms with Crippen LogP contribution in [0.5, 0.6) is 0 Å². The van der Waals surface area contributed by atoms with Crippen LogP contribution in [0.4, 0.5) is 0 Å². The van der Waals surface area contributed by atoms with Gasteiger partial charge in [0.25, 0.3) is 11.8 Å². The predicted molar refractivity (Wildman–Crippen MR) is 121 cm³/mol. The number of hydrogen-bond donors (Lipinski definition) is 4. The van der Waals surface area contributed by atoms with Gasteiger partial charge >= 0.3 is 0 Å². The molecular formula is C16H24N8O4S3. The zero-order chi connectivity index (χ0) is 23.2. The monoisotopic (exact) mass is 488 g/mol. The lowest BCUT2D eigenvalue weighted by atomic mass is 10.4. The van der Waals surface area contributed by atoms with Crippen molar-refractivity contribution in [3.8, 4) is 0 Å². The number of carbonyl (C=O) groups is 4. The van der Waals surface area contributed by atoms with Gasteiger partial charge in [0, 0.05) is 13.8 Å². The summed E-state index contributed by atoms with van der Waals surface area (Å²) >= 11 is 3.66. The van der Waals surface area contributed by atoms with Crippen LogP contribution in [0, 0.1) is 0 Å². The van der Waals surface area contributed by atoms with Gasteiger partial charge in [0.05, 0.1) is 36.0 Å². The summed E-state index contributed by atoms with van der Waals surface area (Å²) in [5.74, 6) is -0.794. The molecule has 1 heterocycles. The van der Waals surface area contributed by atoms with Gasteiger partial charge in [-0.15, -0.1) is 10.2 Å². The molecule has 0 unspecified atom stereocenters. The fourth-order valence-electron chi connectivity index (χ4n) is 1.53. The fourth-order valence-corrected chi connectivity index (χ4v) is 4.14. The van der Waals surface area contributed by atoms with E-state index in [0.717, 1.165) is 0 Å². The molecule has 15 heteroatoms. The van der Waals surface area contributed by atoms with Crippen LogP contribution in [0.15, 0.2) is 18.9 Å². The van der Waals surface area contributed by atoms with Crippen LogP contribution < -0.4 is 21.5 Å². The molecule has 0 atom stereocenters. The van der Waals surface area contributed by atoms with Gasteiger partial charge in [-0.25, -0.2) is 10.9 Å². The van der Waals surface area contributed by atoms with Crippen LogP contribution in [0.1, 0.15) is 27.7 Å². The average Bonchev–Trinajstić information content (AvgIpc) is 3.18. The minimum atomic E-state index is -0.316.